The van der Waals surface area contributed by atoms with E-state index in [0.717, 1.165) is 5.82 Å². The molecule has 0 aliphatic heterocycles. The van der Waals surface area contributed by atoms with Crippen LogP contribution < -0.4 is 4.90 Å². The third-order valence-corrected chi connectivity index (χ3v) is 4.07. The molecule has 96 valence electrons. The Labute approximate surface area is 109 Å². The lowest BCUT2D eigenvalue weighted by Crippen LogP contribution is -2.37. The Bertz CT molecular complexity index is 449. The minimum atomic E-state index is 0.485. The van der Waals surface area contributed by atoms with Crippen LogP contribution in [0.3, 0.4) is 0 Å². The lowest BCUT2D eigenvalue weighted by atomic mass is 9.75. The largest absolute Gasteiger partial charge is 0.357 e. The van der Waals surface area contributed by atoms with Gasteiger partial charge in [-0.2, -0.15) is 5.26 Å². The van der Waals surface area contributed by atoms with E-state index in [0.29, 0.717) is 17.2 Å². The summed E-state index contributed by atoms with van der Waals surface area (Å²) in [6.07, 6.45) is 4.95. The molecule has 0 N–H and O–H groups in total. The first-order valence-electron chi connectivity index (χ1n) is 6.62. The van der Waals surface area contributed by atoms with Gasteiger partial charge in [0.1, 0.15) is 17.6 Å². The summed E-state index contributed by atoms with van der Waals surface area (Å²) in [5.74, 6) is 0.916. The summed E-state index contributed by atoms with van der Waals surface area (Å²) in [6.45, 7) is 4.69. The Morgan fingerprint density at radius 2 is 2.00 bits per heavy atom. The second kappa shape index (κ2) is 4.97. The number of anilines is 1. The molecular formula is C15H21N3. The predicted molar refractivity (Wildman–Crippen MR) is 73.4 cm³/mol. The molecule has 3 heteroatoms. The van der Waals surface area contributed by atoms with Crippen LogP contribution in [0.5, 0.6) is 0 Å². The van der Waals surface area contributed by atoms with E-state index in [1.807, 2.05) is 12.1 Å². The van der Waals surface area contributed by atoms with Crippen molar-refractivity contribution in [3.63, 3.8) is 0 Å². The van der Waals surface area contributed by atoms with E-state index < -0.39 is 0 Å². The molecule has 0 saturated heterocycles. The van der Waals surface area contributed by atoms with E-state index >= 15 is 0 Å². The predicted octanol–water partition coefficient (Wildman–Crippen LogP) is 3.36. The first kappa shape index (κ1) is 12.9. The Morgan fingerprint density at radius 3 is 2.61 bits per heavy atom. The van der Waals surface area contributed by atoms with Crippen LogP contribution in [0.25, 0.3) is 0 Å². The average molecular weight is 243 g/mol. The van der Waals surface area contributed by atoms with Gasteiger partial charge in [0.25, 0.3) is 0 Å². The van der Waals surface area contributed by atoms with Crippen LogP contribution in [-0.2, 0) is 0 Å². The lowest BCUT2D eigenvalue weighted by Gasteiger charge is -2.39. The smallest absolute Gasteiger partial charge is 0.142 e. The fraction of sp³-hybridized carbons (Fsp3) is 0.600. The van der Waals surface area contributed by atoms with E-state index in [1.54, 1.807) is 6.07 Å². The van der Waals surface area contributed by atoms with Crippen LogP contribution in [0.1, 0.15) is 45.2 Å². The second-order valence-electron chi connectivity index (χ2n) is 6.00. The maximum absolute atomic E-state index is 8.89. The fourth-order valence-electron chi connectivity index (χ4n) is 2.64. The lowest BCUT2D eigenvalue weighted by molar-refractivity contribution is 0.222. The van der Waals surface area contributed by atoms with Gasteiger partial charge < -0.3 is 4.90 Å². The summed E-state index contributed by atoms with van der Waals surface area (Å²) in [4.78, 5) is 6.60. The molecule has 1 aromatic rings. The molecule has 18 heavy (non-hydrogen) atoms. The van der Waals surface area contributed by atoms with Crippen LogP contribution in [0, 0.1) is 16.7 Å². The minimum absolute atomic E-state index is 0.485. The molecule has 0 radical (unpaired) electrons. The highest BCUT2D eigenvalue weighted by Gasteiger charge is 2.29. The highest BCUT2D eigenvalue weighted by molar-refractivity contribution is 5.41. The fourth-order valence-corrected chi connectivity index (χ4v) is 2.64. The van der Waals surface area contributed by atoms with Gasteiger partial charge in [-0.05, 0) is 43.2 Å². The number of aromatic nitrogens is 1. The SMILES string of the molecule is CN(c1cccc(C#N)n1)C1CCC(C)(C)CC1. The number of nitrogens with zero attached hydrogens (tertiary/aromatic N) is 3. The minimum Gasteiger partial charge on any atom is -0.357 e. The molecule has 0 unspecified atom stereocenters. The topological polar surface area (TPSA) is 39.9 Å². The number of rotatable bonds is 2. The van der Waals surface area contributed by atoms with Gasteiger partial charge >= 0.3 is 0 Å². The van der Waals surface area contributed by atoms with E-state index in [9.17, 15) is 0 Å². The molecule has 0 bridgehead atoms. The van der Waals surface area contributed by atoms with Crippen LogP contribution >= 0.6 is 0 Å². The van der Waals surface area contributed by atoms with Crippen LogP contribution in [0.2, 0.25) is 0 Å². The van der Waals surface area contributed by atoms with Gasteiger partial charge in [-0.3, -0.25) is 0 Å². The Morgan fingerprint density at radius 1 is 1.33 bits per heavy atom. The number of nitriles is 1. The first-order chi connectivity index (χ1) is 8.52. The Kier molecular flexibility index (Phi) is 3.56. The van der Waals surface area contributed by atoms with Gasteiger partial charge in [0.15, 0.2) is 0 Å². The van der Waals surface area contributed by atoms with Gasteiger partial charge in [-0.1, -0.05) is 19.9 Å². The van der Waals surface area contributed by atoms with E-state index in [4.69, 9.17) is 5.26 Å². The molecule has 0 amide bonds. The molecule has 1 aliphatic carbocycles. The zero-order chi connectivity index (χ0) is 13.2. The van der Waals surface area contributed by atoms with Crippen LogP contribution in [0.15, 0.2) is 18.2 Å². The van der Waals surface area contributed by atoms with Crippen molar-refractivity contribution in [1.82, 2.24) is 4.98 Å². The normalized spacial score (nSPS) is 19.2. The third-order valence-electron chi connectivity index (χ3n) is 4.07. The summed E-state index contributed by atoms with van der Waals surface area (Å²) in [6, 6.07) is 8.30. The Balaban J connectivity index is 2.08. The van der Waals surface area contributed by atoms with Gasteiger partial charge in [0.2, 0.25) is 0 Å². The highest BCUT2D eigenvalue weighted by Crippen LogP contribution is 2.37. The van der Waals surface area contributed by atoms with Gasteiger partial charge in [0.05, 0.1) is 0 Å². The van der Waals surface area contributed by atoms with Gasteiger partial charge in [0, 0.05) is 13.1 Å². The molecule has 1 saturated carbocycles. The zero-order valence-electron chi connectivity index (χ0n) is 11.5. The number of hydrogen-bond acceptors (Lipinski definition) is 3. The van der Waals surface area contributed by atoms with Crippen molar-refractivity contribution >= 4 is 5.82 Å². The molecule has 1 heterocycles. The quantitative estimate of drug-likeness (QED) is 0.799. The second-order valence-corrected chi connectivity index (χ2v) is 6.00. The van der Waals surface area contributed by atoms with Crippen LogP contribution in [0.4, 0.5) is 5.82 Å². The van der Waals surface area contributed by atoms with Crippen molar-refractivity contribution in [1.29, 1.82) is 5.26 Å². The van der Waals surface area contributed by atoms with E-state index in [1.165, 1.54) is 25.7 Å². The van der Waals surface area contributed by atoms with Crippen molar-refractivity contribution < 1.29 is 0 Å². The van der Waals surface area contributed by atoms with Crippen molar-refractivity contribution in [2.45, 2.75) is 45.6 Å². The standard InChI is InChI=1S/C15H21N3/c1-15(2)9-7-13(8-10-15)18(3)14-6-4-5-12(11-16)17-14/h4-6,13H,7-10H2,1-3H3. The molecule has 0 aromatic carbocycles. The molecule has 1 aromatic heterocycles. The highest BCUT2D eigenvalue weighted by atomic mass is 15.2. The van der Waals surface area contributed by atoms with Crippen molar-refractivity contribution in [3.05, 3.63) is 23.9 Å². The molecule has 1 fully saturated rings. The maximum Gasteiger partial charge on any atom is 0.142 e. The average Bonchev–Trinajstić information content (AvgIpc) is 2.38. The molecule has 0 atom stereocenters. The molecular weight excluding hydrogens is 222 g/mol. The molecule has 2 rings (SSSR count). The summed E-state index contributed by atoms with van der Waals surface area (Å²) >= 11 is 0. The summed E-state index contributed by atoms with van der Waals surface area (Å²) in [5.41, 5.74) is 0.981. The first-order valence-corrected chi connectivity index (χ1v) is 6.62. The summed E-state index contributed by atoms with van der Waals surface area (Å²) in [5, 5.41) is 8.89. The summed E-state index contributed by atoms with van der Waals surface area (Å²) < 4.78 is 0. The molecule has 3 nitrogen and oxygen atoms in total. The number of hydrogen-bond donors (Lipinski definition) is 0. The van der Waals surface area contributed by atoms with E-state index in [-0.39, 0.29) is 0 Å². The van der Waals surface area contributed by atoms with Gasteiger partial charge in [-0.25, -0.2) is 4.98 Å². The van der Waals surface area contributed by atoms with Crippen molar-refractivity contribution in [2.75, 3.05) is 11.9 Å². The third kappa shape index (κ3) is 2.81. The van der Waals surface area contributed by atoms with Crippen LogP contribution in [-0.4, -0.2) is 18.1 Å². The molecule has 1 aliphatic rings. The maximum atomic E-state index is 8.89. The summed E-state index contributed by atoms with van der Waals surface area (Å²) in [7, 11) is 2.09. The number of pyridine rings is 1. The van der Waals surface area contributed by atoms with E-state index in [2.05, 4.69) is 36.8 Å². The van der Waals surface area contributed by atoms with Crippen molar-refractivity contribution in [3.8, 4) is 6.07 Å². The zero-order valence-corrected chi connectivity index (χ0v) is 11.5. The van der Waals surface area contributed by atoms with Crippen molar-refractivity contribution in [2.24, 2.45) is 5.41 Å². The Hall–Kier alpha value is -1.56. The molecule has 0 spiro atoms. The van der Waals surface area contributed by atoms with Gasteiger partial charge in [-0.15, -0.1) is 0 Å². The monoisotopic (exact) mass is 243 g/mol.